The Morgan fingerprint density at radius 2 is 1.93 bits per heavy atom. The molecule has 0 spiro atoms. The first-order valence-electron chi connectivity index (χ1n) is 5.23. The van der Waals surface area contributed by atoms with Gasteiger partial charge in [-0.1, -0.05) is 42.5 Å². The number of nitrogens with two attached hydrogens (primary N) is 1. The van der Waals surface area contributed by atoms with E-state index < -0.39 is 0 Å². The minimum absolute atomic E-state index is 0.163. The van der Waals surface area contributed by atoms with Crippen LogP contribution in [0.15, 0.2) is 42.5 Å². The third-order valence-corrected chi connectivity index (χ3v) is 2.86. The second-order valence-electron chi connectivity index (χ2n) is 4.24. The van der Waals surface area contributed by atoms with Crippen LogP contribution in [-0.4, -0.2) is 6.04 Å². The molecule has 0 radical (unpaired) electrons. The lowest BCUT2D eigenvalue weighted by atomic mass is 9.95. The van der Waals surface area contributed by atoms with Gasteiger partial charge in [0.05, 0.1) is 0 Å². The van der Waals surface area contributed by atoms with E-state index in [9.17, 15) is 0 Å². The van der Waals surface area contributed by atoms with Crippen LogP contribution in [0.1, 0.15) is 25.3 Å². The average Bonchev–Trinajstić information content (AvgIpc) is 2.97. The molecule has 1 nitrogen and oxygen atoms in total. The first kappa shape index (κ1) is 9.47. The highest BCUT2D eigenvalue weighted by Crippen LogP contribution is 2.49. The molecule has 1 heteroatoms. The molecule has 74 valence electrons. The summed E-state index contributed by atoms with van der Waals surface area (Å²) < 4.78 is 0. The quantitative estimate of drug-likeness (QED) is 0.723. The fraction of sp³-hybridized carbons (Fsp3) is 0.385. The van der Waals surface area contributed by atoms with E-state index in [1.54, 1.807) is 0 Å². The summed E-state index contributed by atoms with van der Waals surface area (Å²) in [5.41, 5.74) is 7.46. The van der Waals surface area contributed by atoms with E-state index in [1.807, 2.05) is 6.92 Å². The SMILES string of the molecule is CC(N)/C=C/C1(c2ccccc2)CC1. The standard InChI is InChI=1S/C13H17N/c1-11(14)7-8-13(9-10-13)12-5-3-2-4-6-12/h2-8,11H,9-10,14H2,1H3/b8-7+. The molecule has 0 heterocycles. The Balaban J connectivity index is 2.18. The van der Waals surface area contributed by atoms with Crippen LogP contribution in [0.5, 0.6) is 0 Å². The maximum absolute atomic E-state index is 5.72. The summed E-state index contributed by atoms with van der Waals surface area (Å²) in [4.78, 5) is 0. The van der Waals surface area contributed by atoms with E-state index >= 15 is 0 Å². The van der Waals surface area contributed by atoms with Crippen molar-refractivity contribution in [2.75, 3.05) is 0 Å². The van der Waals surface area contributed by atoms with Crippen molar-refractivity contribution in [2.45, 2.75) is 31.2 Å². The number of hydrogen-bond donors (Lipinski definition) is 1. The molecular weight excluding hydrogens is 170 g/mol. The average molecular weight is 187 g/mol. The first-order chi connectivity index (χ1) is 6.73. The Morgan fingerprint density at radius 3 is 2.43 bits per heavy atom. The van der Waals surface area contributed by atoms with Crippen molar-refractivity contribution in [1.82, 2.24) is 0 Å². The summed E-state index contributed by atoms with van der Waals surface area (Å²) in [6.07, 6.45) is 6.92. The van der Waals surface area contributed by atoms with Gasteiger partial charge >= 0.3 is 0 Å². The molecular formula is C13H17N. The lowest BCUT2D eigenvalue weighted by Gasteiger charge is -2.10. The second kappa shape index (κ2) is 3.58. The van der Waals surface area contributed by atoms with Crippen LogP contribution >= 0.6 is 0 Å². The van der Waals surface area contributed by atoms with Gasteiger partial charge < -0.3 is 5.73 Å². The maximum Gasteiger partial charge on any atom is 0.0195 e. The zero-order chi connectivity index (χ0) is 10.0. The Labute approximate surface area is 85.6 Å². The summed E-state index contributed by atoms with van der Waals surface area (Å²) in [6, 6.07) is 10.9. The van der Waals surface area contributed by atoms with Gasteiger partial charge in [0, 0.05) is 11.5 Å². The van der Waals surface area contributed by atoms with Gasteiger partial charge in [0.2, 0.25) is 0 Å². The van der Waals surface area contributed by atoms with E-state index in [0.29, 0.717) is 5.41 Å². The van der Waals surface area contributed by atoms with E-state index in [-0.39, 0.29) is 6.04 Å². The van der Waals surface area contributed by atoms with E-state index in [0.717, 1.165) is 0 Å². The van der Waals surface area contributed by atoms with E-state index in [1.165, 1.54) is 18.4 Å². The maximum atomic E-state index is 5.72. The fourth-order valence-corrected chi connectivity index (χ4v) is 1.79. The van der Waals surface area contributed by atoms with Gasteiger partial charge in [0.25, 0.3) is 0 Å². The lowest BCUT2D eigenvalue weighted by Crippen LogP contribution is -2.12. The first-order valence-corrected chi connectivity index (χ1v) is 5.23. The van der Waals surface area contributed by atoms with Gasteiger partial charge in [-0.05, 0) is 25.3 Å². The highest BCUT2D eigenvalue weighted by Gasteiger charge is 2.41. The monoisotopic (exact) mass is 187 g/mol. The number of benzene rings is 1. The third-order valence-electron chi connectivity index (χ3n) is 2.86. The molecule has 1 unspecified atom stereocenters. The van der Waals surface area contributed by atoms with Gasteiger partial charge in [0.1, 0.15) is 0 Å². The molecule has 14 heavy (non-hydrogen) atoms. The summed E-state index contributed by atoms with van der Waals surface area (Å²) in [6.45, 7) is 2.01. The normalized spacial score (nSPS) is 21.0. The molecule has 1 aromatic carbocycles. The highest BCUT2D eigenvalue weighted by atomic mass is 14.6. The van der Waals surface area contributed by atoms with Crippen molar-refractivity contribution in [3.8, 4) is 0 Å². The summed E-state index contributed by atoms with van der Waals surface area (Å²) >= 11 is 0. The van der Waals surface area contributed by atoms with Gasteiger partial charge in [0.15, 0.2) is 0 Å². The highest BCUT2D eigenvalue weighted by molar-refractivity contribution is 5.37. The third kappa shape index (κ3) is 1.88. The van der Waals surface area contributed by atoms with Gasteiger partial charge in [-0.2, -0.15) is 0 Å². The molecule has 0 aromatic heterocycles. The van der Waals surface area contributed by atoms with Crippen LogP contribution < -0.4 is 5.73 Å². The van der Waals surface area contributed by atoms with E-state index in [4.69, 9.17) is 5.73 Å². The predicted molar refractivity (Wildman–Crippen MR) is 60.1 cm³/mol. The van der Waals surface area contributed by atoms with Crippen molar-refractivity contribution in [2.24, 2.45) is 5.73 Å². The molecule has 2 rings (SSSR count). The van der Waals surface area contributed by atoms with Crippen LogP contribution in [0.25, 0.3) is 0 Å². The van der Waals surface area contributed by atoms with Crippen LogP contribution in [-0.2, 0) is 5.41 Å². The van der Waals surface area contributed by atoms with Crippen molar-refractivity contribution in [1.29, 1.82) is 0 Å². The van der Waals surface area contributed by atoms with Crippen molar-refractivity contribution in [3.05, 3.63) is 48.0 Å². The van der Waals surface area contributed by atoms with Crippen molar-refractivity contribution >= 4 is 0 Å². The summed E-state index contributed by atoms with van der Waals surface area (Å²) in [7, 11) is 0. The molecule has 0 bridgehead atoms. The molecule has 0 amide bonds. The Hall–Kier alpha value is -1.08. The lowest BCUT2D eigenvalue weighted by molar-refractivity contribution is 0.854. The zero-order valence-electron chi connectivity index (χ0n) is 8.61. The van der Waals surface area contributed by atoms with Crippen molar-refractivity contribution < 1.29 is 0 Å². The molecule has 1 saturated carbocycles. The number of allylic oxidation sites excluding steroid dienone is 1. The Kier molecular flexibility index (Phi) is 2.42. The molecule has 0 saturated heterocycles. The largest absolute Gasteiger partial charge is 0.325 e. The molecule has 1 aromatic rings. The zero-order valence-corrected chi connectivity index (χ0v) is 8.61. The summed E-state index contributed by atoms with van der Waals surface area (Å²) in [5.74, 6) is 0. The van der Waals surface area contributed by atoms with Gasteiger partial charge in [-0.15, -0.1) is 0 Å². The smallest absolute Gasteiger partial charge is 0.0195 e. The van der Waals surface area contributed by atoms with Crippen molar-refractivity contribution in [3.63, 3.8) is 0 Å². The Bertz CT molecular complexity index is 320. The van der Waals surface area contributed by atoms with Crippen LogP contribution in [0.4, 0.5) is 0 Å². The van der Waals surface area contributed by atoms with Crippen LogP contribution in [0.2, 0.25) is 0 Å². The minimum Gasteiger partial charge on any atom is -0.325 e. The van der Waals surface area contributed by atoms with Gasteiger partial charge in [-0.3, -0.25) is 0 Å². The van der Waals surface area contributed by atoms with Crippen LogP contribution in [0, 0.1) is 0 Å². The van der Waals surface area contributed by atoms with Gasteiger partial charge in [-0.25, -0.2) is 0 Å². The molecule has 1 atom stereocenters. The van der Waals surface area contributed by atoms with Crippen LogP contribution in [0.3, 0.4) is 0 Å². The topological polar surface area (TPSA) is 26.0 Å². The van der Waals surface area contributed by atoms with E-state index in [2.05, 4.69) is 42.5 Å². The fourth-order valence-electron chi connectivity index (χ4n) is 1.79. The minimum atomic E-state index is 0.163. The molecule has 1 aliphatic carbocycles. The Morgan fingerprint density at radius 1 is 1.29 bits per heavy atom. The number of hydrogen-bond acceptors (Lipinski definition) is 1. The molecule has 1 fully saturated rings. The predicted octanol–water partition coefficient (Wildman–Crippen LogP) is 2.62. The summed E-state index contributed by atoms with van der Waals surface area (Å²) in [5, 5.41) is 0. The molecule has 1 aliphatic rings. The molecule has 2 N–H and O–H groups in total. The second-order valence-corrected chi connectivity index (χ2v) is 4.24. The number of rotatable bonds is 3. The molecule has 0 aliphatic heterocycles.